The Labute approximate surface area is 151 Å². The summed E-state index contributed by atoms with van der Waals surface area (Å²) in [6.45, 7) is 6.15. The average Bonchev–Trinajstić information content (AvgIpc) is 3.26. The van der Waals surface area contributed by atoms with E-state index in [1.807, 2.05) is 18.3 Å². The number of hydrogen-bond acceptors (Lipinski definition) is 6. The molecule has 0 N–H and O–H groups in total. The van der Waals surface area contributed by atoms with E-state index in [1.54, 1.807) is 4.90 Å². The van der Waals surface area contributed by atoms with Crippen molar-refractivity contribution < 1.29 is 9.53 Å². The van der Waals surface area contributed by atoms with Gasteiger partial charge in [-0.05, 0) is 31.2 Å². The topological polar surface area (TPSA) is 63.5 Å². The first kappa shape index (κ1) is 16.5. The van der Waals surface area contributed by atoms with Gasteiger partial charge in [0, 0.05) is 31.1 Å². The van der Waals surface area contributed by atoms with E-state index in [-0.39, 0.29) is 11.6 Å². The highest BCUT2D eigenvalue weighted by Gasteiger charge is 2.45. The molecule has 1 amide bonds. The standard InChI is InChI=1S/C17H23N5O2S/c1-13-18-19-15-11-21(16(23)24-2)12-17(22(13)15)5-7-20(8-6-17)10-14-4-3-9-25-14/h3-4,9H,5-8,10-12H2,1-2H3. The Morgan fingerprint density at radius 2 is 2.16 bits per heavy atom. The summed E-state index contributed by atoms with van der Waals surface area (Å²) in [5.74, 6) is 1.80. The van der Waals surface area contributed by atoms with Gasteiger partial charge in [-0.3, -0.25) is 9.80 Å². The van der Waals surface area contributed by atoms with Crippen molar-refractivity contribution in [2.75, 3.05) is 26.7 Å². The molecule has 1 saturated heterocycles. The molecule has 0 radical (unpaired) electrons. The second kappa shape index (κ2) is 6.42. The molecule has 2 aromatic heterocycles. The number of hydrogen-bond donors (Lipinski definition) is 0. The van der Waals surface area contributed by atoms with Gasteiger partial charge in [0.1, 0.15) is 5.82 Å². The molecule has 0 atom stereocenters. The number of likely N-dealkylation sites (tertiary alicyclic amines) is 1. The molecule has 0 bridgehead atoms. The number of carbonyl (C=O) groups excluding carboxylic acids is 1. The van der Waals surface area contributed by atoms with Crippen LogP contribution in [-0.2, 0) is 23.4 Å². The van der Waals surface area contributed by atoms with Gasteiger partial charge in [0.2, 0.25) is 0 Å². The number of thiophene rings is 1. The normalized spacial score (nSPS) is 19.8. The Kier molecular flexibility index (Phi) is 4.24. The number of aromatic nitrogens is 3. The molecule has 0 saturated carbocycles. The molecule has 134 valence electrons. The van der Waals surface area contributed by atoms with Crippen molar-refractivity contribution in [3.8, 4) is 0 Å². The Hall–Kier alpha value is -1.93. The zero-order chi connectivity index (χ0) is 17.4. The number of rotatable bonds is 2. The lowest BCUT2D eigenvalue weighted by molar-refractivity contribution is 0.0322. The second-order valence-electron chi connectivity index (χ2n) is 6.90. The smallest absolute Gasteiger partial charge is 0.409 e. The Bertz CT molecular complexity index is 749. The highest BCUT2D eigenvalue weighted by Crippen LogP contribution is 2.37. The number of nitrogens with zero attached hydrogens (tertiary/aromatic N) is 5. The fraction of sp³-hybridized carbons (Fsp3) is 0.588. The number of amides is 1. The summed E-state index contributed by atoms with van der Waals surface area (Å²) in [7, 11) is 1.43. The van der Waals surface area contributed by atoms with Crippen molar-refractivity contribution >= 4 is 17.4 Å². The van der Waals surface area contributed by atoms with Crippen LogP contribution >= 0.6 is 11.3 Å². The van der Waals surface area contributed by atoms with Crippen LogP contribution in [0.15, 0.2) is 17.5 Å². The minimum absolute atomic E-state index is 0.124. The summed E-state index contributed by atoms with van der Waals surface area (Å²) < 4.78 is 7.23. The first-order chi connectivity index (χ1) is 12.1. The third kappa shape index (κ3) is 2.93. The largest absolute Gasteiger partial charge is 0.453 e. The van der Waals surface area contributed by atoms with Crippen LogP contribution < -0.4 is 0 Å². The van der Waals surface area contributed by atoms with Crippen LogP contribution in [0.4, 0.5) is 4.79 Å². The quantitative estimate of drug-likeness (QED) is 0.821. The fourth-order valence-electron chi connectivity index (χ4n) is 4.17. The Morgan fingerprint density at radius 1 is 1.36 bits per heavy atom. The van der Waals surface area contributed by atoms with Crippen molar-refractivity contribution in [1.82, 2.24) is 24.6 Å². The molecule has 8 heteroatoms. The van der Waals surface area contributed by atoms with Gasteiger partial charge >= 0.3 is 6.09 Å². The first-order valence-electron chi connectivity index (χ1n) is 8.60. The van der Waals surface area contributed by atoms with Gasteiger partial charge in [0.05, 0.1) is 19.2 Å². The van der Waals surface area contributed by atoms with Crippen molar-refractivity contribution in [2.24, 2.45) is 0 Å². The molecule has 4 heterocycles. The number of ether oxygens (including phenoxy) is 1. The lowest BCUT2D eigenvalue weighted by atomic mass is 9.84. The Balaban J connectivity index is 1.55. The van der Waals surface area contributed by atoms with Crippen molar-refractivity contribution in [3.63, 3.8) is 0 Å². The third-order valence-corrected chi connectivity index (χ3v) is 6.22. The van der Waals surface area contributed by atoms with E-state index in [0.717, 1.165) is 44.1 Å². The predicted octanol–water partition coefficient (Wildman–Crippen LogP) is 2.22. The van der Waals surface area contributed by atoms with Gasteiger partial charge in [-0.25, -0.2) is 4.79 Å². The molecule has 2 aliphatic rings. The van der Waals surface area contributed by atoms with Crippen LogP contribution in [0.2, 0.25) is 0 Å². The zero-order valence-electron chi connectivity index (χ0n) is 14.6. The van der Waals surface area contributed by atoms with Gasteiger partial charge in [-0.15, -0.1) is 21.5 Å². The zero-order valence-corrected chi connectivity index (χ0v) is 15.5. The van der Waals surface area contributed by atoms with Gasteiger partial charge < -0.3 is 9.30 Å². The molecule has 2 aromatic rings. The van der Waals surface area contributed by atoms with Crippen molar-refractivity contribution in [3.05, 3.63) is 34.0 Å². The summed E-state index contributed by atoms with van der Waals surface area (Å²) in [6, 6.07) is 4.30. The maximum atomic E-state index is 12.1. The summed E-state index contributed by atoms with van der Waals surface area (Å²) in [4.78, 5) is 17.8. The minimum atomic E-state index is -0.285. The highest BCUT2D eigenvalue weighted by atomic mass is 32.1. The number of carbonyl (C=O) groups is 1. The summed E-state index contributed by atoms with van der Waals surface area (Å²) in [5.41, 5.74) is -0.124. The van der Waals surface area contributed by atoms with Crippen LogP contribution in [-0.4, -0.2) is 57.4 Å². The minimum Gasteiger partial charge on any atom is -0.453 e. The molecule has 25 heavy (non-hydrogen) atoms. The molecule has 2 aliphatic heterocycles. The van der Waals surface area contributed by atoms with E-state index >= 15 is 0 Å². The van der Waals surface area contributed by atoms with Gasteiger partial charge in [-0.2, -0.15) is 0 Å². The molecule has 1 fully saturated rings. The average molecular weight is 361 g/mol. The number of aryl methyl sites for hydroxylation is 1. The SMILES string of the molecule is COC(=O)N1Cc2nnc(C)n2C2(CCN(Cc3cccs3)CC2)C1. The fourth-order valence-corrected chi connectivity index (χ4v) is 4.91. The summed E-state index contributed by atoms with van der Waals surface area (Å²) >= 11 is 1.81. The number of fused-ring (bicyclic) bond motifs is 2. The second-order valence-corrected chi connectivity index (χ2v) is 7.94. The first-order valence-corrected chi connectivity index (χ1v) is 9.48. The molecule has 0 aliphatic carbocycles. The van der Waals surface area contributed by atoms with Crippen molar-refractivity contribution in [1.29, 1.82) is 0 Å². The number of piperidine rings is 1. The van der Waals surface area contributed by atoms with E-state index in [1.165, 1.54) is 12.0 Å². The van der Waals surface area contributed by atoms with Gasteiger partial charge in [0.15, 0.2) is 5.82 Å². The maximum Gasteiger partial charge on any atom is 0.409 e. The van der Waals surface area contributed by atoms with Crippen LogP contribution in [0.25, 0.3) is 0 Å². The highest BCUT2D eigenvalue weighted by molar-refractivity contribution is 7.09. The molecular formula is C17H23N5O2S. The molecule has 1 spiro atoms. The number of methoxy groups -OCH3 is 1. The van der Waals surface area contributed by atoms with Gasteiger partial charge in [-0.1, -0.05) is 6.07 Å². The van der Waals surface area contributed by atoms with Crippen molar-refractivity contribution in [2.45, 2.75) is 38.4 Å². The van der Waals surface area contributed by atoms with Gasteiger partial charge in [0.25, 0.3) is 0 Å². The van der Waals surface area contributed by atoms with E-state index in [0.29, 0.717) is 13.1 Å². The molecular weight excluding hydrogens is 338 g/mol. The van der Waals surface area contributed by atoms with Crippen LogP contribution in [0.3, 0.4) is 0 Å². The van der Waals surface area contributed by atoms with Crippen LogP contribution in [0.1, 0.15) is 29.4 Å². The summed E-state index contributed by atoms with van der Waals surface area (Å²) in [6.07, 6.45) is 1.68. The molecule has 4 rings (SSSR count). The van der Waals surface area contributed by atoms with E-state index < -0.39 is 0 Å². The van der Waals surface area contributed by atoms with E-state index in [2.05, 4.69) is 37.2 Å². The maximum absolute atomic E-state index is 12.1. The summed E-state index contributed by atoms with van der Waals surface area (Å²) in [5, 5.41) is 10.7. The van der Waals surface area contributed by atoms with Crippen LogP contribution in [0.5, 0.6) is 0 Å². The lowest BCUT2D eigenvalue weighted by Gasteiger charge is -2.48. The monoisotopic (exact) mass is 361 g/mol. The predicted molar refractivity (Wildman–Crippen MR) is 94.4 cm³/mol. The lowest BCUT2D eigenvalue weighted by Crippen LogP contribution is -2.57. The Morgan fingerprint density at radius 3 is 2.84 bits per heavy atom. The third-order valence-electron chi connectivity index (χ3n) is 5.36. The van der Waals surface area contributed by atoms with E-state index in [9.17, 15) is 4.79 Å². The van der Waals surface area contributed by atoms with Crippen LogP contribution in [0, 0.1) is 6.92 Å². The molecule has 0 aromatic carbocycles. The molecule has 0 unspecified atom stereocenters. The molecule has 7 nitrogen and oxygen atoms in total. The van der Waals surface area contributed by atoms with E-state index in [4.69, 9.17) is 4.74 Å².